The lowest BCUT2D eigenvalue weighted by molar-refractivity contribution is -0.146. The summed E-state index contributed by atoms with van der Waals surface area (Å²) in [5.41, 5.74) is 0.532. The van der Waals surface area contributed by atoms with Crippen LogP contribution in [0.3, 0.4) is 0 Å². The lowest BCUT2D eigenvalue weighted by Gasteiger charge is -2.40. The van der Waals surface area contributed by atoms with Crippen LogP contribution >= 0.6 is 0 Å². The first-order chi connectivity index (χ1) is 11.0. The third-order valence-electron chi connectivity index (χ3n) is 5.13. The number of hydrogen-bond donors (Lipinski definition) is 2. The van der Waals surface area contributed by atoms with Crippen molar-refractivity contribution >= 4 is 11.9 Å². The summed E-state index contributed by atoms with van der Waals surface area (Å²) in [6.07, 6.45) is 4.55. The smallest absolute Gasteiger partial charge is 0.308 e. The Labute approximate surface area is 138 Å². The summed E-state index contributed by atoms with van der Waals surface area (Å²) in [7, 11) is 0. The molecule has 0 aromatic heterocycles. The highest BCUT2D eigenvalue weighted by molar-refractivity contribution is 5.80. The van der Waals surface area contributed by atoms with Crippen LogP contribution in [-0.2, 0) is 9.59 Å². The molecular weight excluding hydrogens is 290 g/mol. The van der Waals surface area contributed by atoms with Gasteiger partial charge in [-0.2, -0.15) is 0 Å². The third-order valence-corrected chi connectivity index (χ3v) is 5.13. The number of carboxylic acid groups (broad SMARTS) is 1. The number of aliphatic carboxylic acids is 1. The van der Waals surface area contributed by atoms with Gasteiger partial charge in [-0.15, -0.1) is 0 Å². The third kappa shape index (κ3) is 4.34. The Hall–Kier alpha value is -1.84. The van der Waals surface area contributed by atoms with Gasteiger partial charge in [-0.05, 0) is 37.7 Å². The van der Waals surface area contributed by atoms with E-state index in [9.17, 15) is 14.7 Å². The Bertz CT molecular complexity index is 543. The molecule has 23 heavy (non-hydrogen) atoms. The highest BCUT2D eigenvalue weighted by Gasteiger charge is 2.42. The maximum absolute atomic E-state index is 12.5. The van der Waals surface area contributed by atoms with E-state index in [4.69, 9.17) is 0 Å². The summed E-state index contributed by atoms with van der Waals surface area (Å²) in [4.78, 5) is 24.0. The Morgan fingerprint density at radius 1 is 1.30 bits per heavy atom. The minimum atomic E-state index is -0.803. The van der Waals surface area contributed by atoms with Gasteiger partial charge >= 0.3 is 5.97 Å². The topological polar surface area (TPSA) is 66.4 Å². The van der Waals surface area contributed by atoms with Crippen LogP contribution < -0.4 is 5.32 Å². The average Bonchev–Trinajstić information content (AvgIpc) is 2.53. The van der Waals surface area contributed by atoms with Gasteiger partial charge in [0.2, 0.25) is 5.91 Å². The van der Waals surface area contributed by atoms with Crippen LogP contribution in [0.15, 0.2) is 30.3 Å². The lowest BCUT2D eigenvalue weighted by atomic mass is 9.73. The second kappa shape index (κ2) is 7.62. The molecule has 1 saturated carbocycles. The predicted octanol–water partition coefficient (Wildman–Crippen LogP) is 3.72. The molecule has 1 aromatic rings. The fourth-order valence-corrected chi connectivity index (χ4v) is 3.70. The molecule has 0 aliphatic heterocycles. The molecule has 1 amide bonds. The van der Waals surface area contributed by atoms with E-state index in [0.717, 1.165) is 31.2 Å². The summed E-state index contributed by atoms with van der Waals surface area (Å²) < 4.78 is 0. The molecule has 2 rings (SSSR count). The molecule has 0 radical (unpaired) electrons. The molecular formula is C19H27NO3. The van der Waals surface area contributed by atoms with E-state index >= 15 is 0 Å². The van der Waals surface area contributed by atoms with Gasteiger partial charge in [-0.3, -0.25) is 9.59 Å². The molecule has 1 fully saturated rings. The zero-order chi connectivity index (χ0) is 16.9. The minimum absolute atomic E-state index is 0.0450. The number of amides is 1. The van der Waals surface area contributed by atoms with Gasteiger partial charge in [0.05, 0.1) is 11.5 Å². The Morgan fingerprint density at radius 2 is 2.00 bits per heavy atom. The van der Waals surface area contributed by atoms with Crippen molar-refractivity contribution in [3.8, 4) is 0 Å². The number of carbonyl (C=O) groups is 2. The van der Waals surface area contributed by atoms with Crippen molar-refractivity contribution in [2.24, 2.45) is 5.92 Å². The highest BCUT2D eigenvalue weighted by Crippen LogP contribution is 2.34. The van der Waals surface area contributed by atoms with Crippen LogP contribution in [-0.4, -0.2) is 22.5 Å². The Balaban J connectivity index is 2.03. The molecule has 4 heteroatoms. The maximum atomic E-state index is 12.5. The van der Waals surface area contributed by atoms with Crippen LogP contribution in [0, 0.1) is 5.92 Å². The molecule has 0 saturated heterocycles. The van der Waals surface area contributed by atoms with Crippen molar-refractivity contribution in [1.29, 1.82) is 0 Å². The Kier molecular flexibility index (Phi) is 5.80. The number of carbonyl (C=O) groups excluding carboxylic acids is 1. The number of nitrogens with one attached hydrogen (secondary N) is 1. The van der Waals surface area contributed by atoms with Crippen LogP contribution in [0.5, 0.6) is 0 Å². The first-order valence-corrected chi connectivity index (χ1v) is 8.55. The lowest BCUT2D eigenvalue weighted by Crippen LogP contribution is -2.55. The summed E-state index contributed by atoms with van der Waals surface area (Å²) in [6.45, 7) is 3.96. The molecule has 0 heterocycles. The molecule has 1 aliphatic carbocycles. The van der Waals surface area contributed by atoms with Crippen molar-refractivity contribution < 1.29 is 14.7 Å². The van der Waals surface area contributed by atoms with E-state index in [1.165, 1.54) is 0 Å². The summed E-state index contributed by atoms with van der Waals surface area (Å²) >= 11 is 0. The van der Waals surface area contributed by atoms with Crippen molar-refractivity contribution in [2.45, 2.75) is 63.8 Å². The molecule has 2 N–H and O–H groups in total. The van der Waals surface area contributed by atoms with Gasteiger partial charge in [0.1, 0.15) is 0 Å². The van der Waals surface area contributed by atoms with Gasteiger partial charge in [0, 0.05) is 6.42 Å². The zero-order valence-electron chi connectivity index (χ0n) is 14.0. The normalized spacial score (nSPS) is 25.6. The van der Waals surface area contributed by atoms with Crippen LogP contribution in [0.1, 0.15) is 63.9 Å². The van der Waals surface area contributed by atoms with Crippen molar-refractivity contribution in [3.05, 3.63) is 35.9 Å². The quantitative estimate of drug-likeness (QED) is 0.840. The fourth-order valence-electron chi connectivity index (χ4n) is 3.70. The second-order valence-electron chi connectivity index (χ2n) is 6.82. The summed E-state index contributed by atoms with van der Waals surface area (Å²) in [6, 6.07) is 10.0. The van der Waals surface area contributed by atoms with E-state index in [2.05, 4.69) is 12.2 Å². The standard InChI is InChI=1S/C19H27NO3/c1-3-14(15-9-5-4-6-10-15)13-17(21)20-19(2)12-8-7-11-16(19)18(22)23/h4-6,9-10,14,16H,3,7-8,11-13H2,1-2H3,(H,20,21)(H,22,23). The molecule has 4 nitrogen and oxygen atoms in total. The number of benzene rings is 1. The number of rotatable bonds is 6. The van der Waals surface area contributed by atoms with Gasteiger partial charge in [0.15, 0.2) is 0 Å². The van der Waals surface area contributed by atoms with E-state index < -0.39 is 17.4 Å². The average molecular weight is 317 g/mol. The molecule has 1 aliphatic rings. The van der Waals surface area contributed by atoms with Crippen LogP contribution in [0.25, 0.3) is 0 Å². The number of carboxylic acids is 1. The highest BCUT2D eigenvalue weighted by atomic mass is 16.4. The molecule has 126 valence electrons. The van der Waals surface area contributed by atoms with E-state index in [-0.39, 0.29) is 11.8 Å². The van der Waals surface area contributed by atoms with Crippen LogP contribution in [0.4, 0.5) is 0 Å². The predicted molar refractivity (Wildman–Crippen MR) is 90.2 cm³/mol. The first-order valence-electron chi connectivity index (χ1n) is 8.55. The minimum Gasteiger partial charge on any atom is -0.481 e. The second-order valence-corrected chi connectivity index (χ2v) is 6.82. The monoisotopic (exact) mass is 317 g/mol. The molecule has 3 atom stereocenters. The molecule has 3 unspecified atom stereocenters. The maximum Gasteiger partial charge on any atom is 0.308 e. The van der Waals surface area contributed by atoms with E-state index in [1.807, 2.05) is 37.3 Å². The van der Waals surface area contributed by atoms with E-state index in [0.29, 0.717) is 12.8 Å². The Morgan fingerprint density at radius 3 is 2.61 bits per heavy atom. The van der Waals surface area contributed by atoms with Crippen molar-refractivity contribution in [2.75, 3.05) is 0 Å². The molecule has 0 spiro atoms. The van der Waals surface area contributed by atoms with Crippen molar-refractivity contribution in [1.82, 2.24) is 5.32 Å². The largest absolute Gasteiger partial charge is 0.481 e. The van der Waals surface area contributed by atoms with Gasteiger partial charge < -0.3 is 10.4 Å². The summed E-state index contributed by atoms with van der Waals surface area (Å²) in [5.74, 6) is -1.16. The number of hydrogen-bond acceptors (Lipinski definition) is 2. The summed E-state index contributed by atoms with van der Waals surface area (Å²) in [5, 5.41) is 12.5. The van der Waals surface area contributed by atoms with Gasteiger partial charge in [-0.1, -0.05) is 50.1 Å². The van der Waals surface area contributed by atoms with Crippen molar-refractivity contribution in [3.63, 3.8) is 0 Å². The zero-order valence-corrected chi connectivity index (χ0v) is 14.0. The fraction of sp³-hybridized carbons (Fsp3) is 0.579. The van der Waals surface area contributed by atoms with Crippen LogP contribution in [0.2, 0.25) is 0 Å². The first kappa shape index (κ1) is 17.5. The SMILES string of the molecule is CCC(CC(=O)NC1(C)CCCCC1C(=O)O)c1ccccc1. The van der Waals surface area contributed by atoms with Gasteiger partial charge in [0.25, 0.3) is 0 Å². The molecule has 0 bridgehead atoms. The van der Waals surface area contributed by atoms with E-state index in [1.54, 1.807) is 0 Å². The van der Waals surface area contributed by atoms with Gasteiger partial charge in [-0.25, -0.2) is 0 Å². The molecule has 1 aromatic carbocycles.